The molecule has 2 rings (SSSR count). The molecule has 0 saturated heterocycles. The Morgan fingerprint density at radius 3 is 2.40 bits per heavy atom. The summed E-state index contributed by atoms with van der Waals surface area (Å²) in [7, 11) is 0. The highest BCUT2D eigenvalue weighted by Crippen LogP contribution is 2.38. The van der Waals surface area contributed by atoms with Crippen molar-refractivity contribution in [3.05, 3.63) is 0 Å². The minimum atomic E-state index is -0.583. The zero-order valence-corrected chi connectivity index (χ0v) is 11.8. The van der Waals surface area contributed by atoms with Gasteiger partial charge in [0.15, 0.2) is 6.61 Å². The minimum absolute atomic E-state index is 0.0705. The Balaban J connectivity index is 1.60. The van der Waals surface area contributed by atoms with Gasteiger partial charge in [0.25, 0.3) is 5.91 Å². The van der Waals surface area contributed by atoms with E-state index in [1.807, 2.05) is 6.92 Å². The Hall–Kier alpha value is -1.59. The van der Waals surface area contributed by atoms with Crippen molar-refractivity contribution >= 4 is 17.9 Å². The molecule has 0 heterocycles. The Labute approximate surface area is 118 Å². The van der Waals surface area contributed by atoms with Crippen LogP contribution in [0.3, 0.4) is 0 Å². The second kappa shape index (κ2) is 6.72. The zero-order chi connectivity index (χ0) is 14.5. The molecule has 6 nitrogen and oxygen atoms in total. The number of esters is 1. The molecule has 2 atom stereocenters. The van der Waals surface area contributed by atoms with Crippen molar-refractivity contribution in [2.24, 2.45) is 11.8 Å². The maximum atomic E-state index is 11.6. The molecule has 2 aliphatic rings. The first-order valence-corrected chi connectivity index (χ1v) is 7.33. The molecule has 0 spiro atoms. The van der Waals surface area contributed by atoms with E-state index in [9.17, 15) is 14.4 Å². The number of nitrogens with one attached hydrogen (secondary N) is 2. The summed E-state index contributed by atoms with van der Waals surface area (Å²) in [5.41, 5.74) is 0. The first kappa shape index (κ1) is 14.8. The van der Waals surface area contributed by atoms with E-state index in [0.29, 0.717) is 5.92 Å². The zero-order valence-electron chi connectivity index (χ0n) is 11.8. The van der Waals surface area contributed by atoms with Crippen LogP contribution < -0.4 is 10.6 Å². The van der Waals surface area contributed by atoms with Crippen molar-refractivity contribution in [3.8, 4) is 0 Å². The molecule has 6 heteroatoms. The molecule has 0 aromatic heterocycles. The SMILES string of the molecule is C[C@@H]1C[C@H]1C(=O)OCC(=O)NC(=O)NC1CCCCC1. The van der Waals surface area contributed by atoms with Crippen molar-refractivity contribution in [1.82, 2.24) is 10.6 Å². The molecule has 112 valence electrons. The predicted octanol–water partition coefficient (Wildman–Crippen LogP) is 1.34. The highest BCUT2D eigenvalue weighted by molar-refractivity contribution is 5.95. The second-order valence-corrected chi connectivity index (χ2v) is 5.78. The Morgan fingerprint density at radius 2 is 1.80 bits per heavy atom. The Bertz CT molecular complexity index is 391. The van der Waals surface area contributed by atoms with Crippen molar-refractivity contribution in [2.75, 3.05) is 6.61 Å². The second-order valence-electron chi connectivity index (χ2n) is 5.78. The number of ether oxygens (including phenoxy) is 1. The summed E-state index contributed by atoms with van der Waals surface area (Å²) >= 11 is 0. The van der Waals surface area contributed by atoms with Gasteiger partial charge in [-0.15, -0.1) is 0 Å². The summed E-state index contributed by atoms with van der Waals surface area (Å²) in [5.74, 6) is -0.653. The van der Waals surface area contributed by atoms with Gasteiger partial charge in [0.05, 0.1) is 5.92 Å². The fraction of sp³-hybridized carbons (Fsp3) is 0.786. The van der Waals surface area contributed by atoms with Crippen molar-refractivity contribution in [2.45, 2.75) is 51.5 Å². The molecular formula is C14H22N2O4. The third-order valence-corrected chi connectivity index (χ3v) is 3.95. The van der Waals surface area contributed by atoms with E-state index in [1.54, 1.807) is 0 Å². The lowest BCUT2D eigenvalue weighted by molar-refractivity contribution is -0.149. The number of hydrogen-bond donors (Lipinski definition) is 2. The molecule has 2 aliphatic carbocycles. The molecular weight excluding hydrogens is 260 g/mol. The maximum Gasteiger partial charge on any atom is 0.321 e. The van der Waals surface area contributed by atoms with Gasteiger partial charge in [0, 0.05) is 6.04 Å². The quantitative estimate of drug-likeness (QED) is 0.762. The number of imide groups is 1. The van der Waals surface area contributed by atoms with Crippen LogP contribution in [-0.4, -0.2) is 30.6 Å². The van der Waals surface area contributed by atoms with E-state index in [1.165, 1.54) is 6.42 Å². The summed E-state index contributed by atoms with van der Waals surface area (Å²) in [6.07, 6.45) is 6.15. The molecule has 0 aliphatic heterocycles. The average Bonchev–Trinajstić information content (AvgIpc) is 3.14. The number of carbonyl (C=O) groups excluding carboxylic acids is 3. The lowest BCUT2D eigenvalue weighted by atomic mass is 9.96. The summed E-state index contributed by atoms with van der Waals surface area (Å²) in [5, 5.41) is 4.96. The van der Waals surface area contributed by atoms with E-state index < -0.39 is 11.9 Å². The van der Waals surface area contributed by atoms with Crippen LogP contribution in [0, 0.1) is 11.8 Å². The van der Waals surface area contributed by atoms with Crippen LogP contribution in [0.2, 0.25) is 0 Å². The van der Waals surface area contributed by atoms with E-state index in [4.69, 9.17) is 4.74 Å². The van der Waals surface area contributed by atoms with Gasteiger partial charge in [-0.05, 0) is 25.2 Å². The standard InChI is InChI=1S/C14H22N2O4/c1-9-7-11(9)13(18)20-8-12(17)16-14(19)15-10-5-3-2-4-6-10/h9-11H,2-8H2,1H3,(H2,15,16,17,19)/t9-,11-/m1/s1. The molecule has 20 heavy (non-hydrogen) atoms. The van der Waals surface area contributed by atoms with Crippen molar-refractivity contribution in [1.29, 1.82) is 0 Å². The highest BCUT2D eigenvalue weighted by Gasteiger charge is 2.40. The lowest BCUT2D eigenvalue weighted by Gasteiger charge is -2.22. The molecule has 2 N–H and O–H groups in total. The topological polar surface area (TPSA) is 84.5 Å². The molecule has 2 saturated carbocycles. The van der Waals surface area contributed by atoms with Crippen LogP contribution in [0.5, 0.6) is 0 Å². The van der Waals surface area contributed by atoms with Crippen LogP contribution in [0.25, 0.3) is 0 Å². The predicted molar refractivity (Wildman–Crippen MR) is 71.8 cm³/mol. The molecule has 0 aromatic carbocycles. The number of urea groups is 1. The molecule has 0 unspecified atom stereocenters. The number of amides is 3. The summed E-state index contributed by atoms with van der Waals surface area (Å²) in [6, 6.07) is -0.357. The molecule has 2 fully saturated rings. The summed E-state index contributed by atoms with van der Waals surface area (Å²) in [4.78, 5) is 34.5. The van der Waals surface area contributed by atoms with Crippen molar-refractivity contribution in [3.63, 3.8) is 0 Å². The largest absolute Gasteiger partial charge is 0.455 e. The van der Waals surface area contributed by atoms with E-state index in [2.05, 4.69) is 10.6 Å². The van der Waals surface area contributed by atoms with Crippen LogP contribution >= 0.6 is 0 Å². The Morgan fingerprint density at radius 1 is 1.15 bits per heavy atom. The fourth-order valence-electron chi connectivity index (χ4n) is 2.53. The number of hydrogen-bond acceptors (Lipinski definition) is 4. The van der Waals surface area contributed by atoms with Crippen LogP contribution in [0.15, 0.2) is 0 Å². The third kappa shape index (κ3) is 4.51. The van der Waals surface area contributed by atoms with Gasteiger partial charge in [-0.2, -0.15) is 0 Å². The van der Waals surface area contributed by atoms with E-state index in [-0.39, 0.29) is 24.5 Å². The van der Waals surface area contributed by atoms with Gasteiger partial charge in [-0.1, -0.05) is 26.2 Å². The third-order valence-electron chi connectivity index (χ3n) is 3.95. The maximum absolute atomic E-state index is 11.6. The van der Waals surface area contributed by atoms with Gasteiger partial charge in [0.2, 0.25) is 0 Å². The number of carbonyl (C=O) groups is 3. The Kier molecular flexibility index (Phi) is 4.98. The normalized spacial score (nSPS) is 25.6. The van der Waals surface area contributed by atoms with Gasteiger partial charge in [-0.25, -0.2) is 4.79 Å². The number of rotatable bonds is 4. The highest BCUT2D eigenvalue weighted by atomic mass is 16.5. The van der Waals surface area contributed by atoms with Gasteiger partial charge in [-0.3, -0.25) is 14.9 Å². The molecule has 0 aromatic rings. The monoisotopic (exact) mass is 282 g/mol. The lowest BCUT2D eigenvalue weighted by Crippen LogP contribution is -2.46. The van der Waals surface area contributed by atoms with Gasteiger partial charge >= 0.3 is 12.0 Å². The summed E-state index contributed by atoms with van der Waals surface area (Å²) < 4.78 is 4.86. The summed E-state index contributed by atoms with van der Waals surface area (Å²) in [6.45, 7) is 1.57. The van der Waals surface area contributed by atoms with E-state index in [0.717, 1.165) is 32.1 Å². The smallest absolute Gasteiger partial charge is 0.321 e. The van der Waals surface area contributed by atoms with Crippen LogP contribution in [-0.2, 0) is 14.3 Å². The minimum Gasteiger partial charge on any atom is -0.455 e. The first-order chi connectivity index (χ1) is 9.56. The molecule has 3 amide bonds. The molecule has 0 bridgehead atoms. The molecule has 0 radical (unpaired) electrons. The van der Waals surface area contributed by atoms with Crippen molar-refractivity contribution < 1.29 is 19.1 Å². The van der Waals surface area contributed by atoms with Gasteiger partial charge in [0.1, 0.15) is 0 Å². The van der Waals surface area contributed by atoms with E-state index >= 15 is 0 Å². The average molecular weight is 282 g/mol. The first-order valence-electron chi connectivity index (χ1n) is 7.33. The van der Waals surface area contributed by atoms with Crippen LogP contribution in [0.4, 0.5) is 4.79 Å². The van der Waals surface area contributed by atoms with Gasteiger partial charge < -0.3 is 10.1 Å². The van der Waals surface area contributed by atoms with Crippen LogP contribution in [0.1, 0.15) is 45.4 Å². The fourth-order valence-corrected chi connectivity index (χ4v) is 2.53.